The Morgan fingerprint density at radius 1 is 1.08 bits per heavy atom. The quantitative estimate of drug-likeness (QED) is 0.789. The largest absolute Gasteiger partial charge is 0.508 e. The highest BCUT2D eigenvalue weighted by molar-refractivity contribution is 6.05. The van der Waals surface area contributed by atoms with Gasteiger partial charge in [0.15, 0.2) is 0 Å². The molecule has 2 aromatic carbocycles. The standard InChI is InChI=1S/C20H16N2O3/c23-16-9-4-8-15(12-16)17-13-18(19-10-5-11-25-19)22(21-17)20(24)14-6-2-1-3-7-14/h1-12,18,23H,13H2. The molecule has 5 heteroatoms. The normalized spacial score (nSPS) is 16.7. The van der Waals surface area contributed by atoms with Crippen LogP contribution in [0.3, 0.4) is 0 Å². The number of benzene rings is 2. The lowest BCUT2D eigenvalue weighted by Gasteiger charge is -2.19. The minimum absolute atomic E-state index is 0.169. The van der Waals surface area contributed by atoms with Gasteiger partial charge >= 0.3 is 0 Å². The van der Waals surface area contributed by atoms with Crippen LogP contribution in [-0.2, 0) is 0 Å². The van der Waals surface area contributed by atoms with Crippen molar-refractivity contribution in [3.63, 3.8) is 0 Å². The first-order valence-electron chi connectivity index (χ1n) is 8.01. The van der Waals surface area contributed by atoms with Gasteiger partial charge in [-0.1, -0.05) is 30.3 Å². The molecule has 4 rings (SSSR count). The van der Waals surface area contributed by atoms with Crippen LogP contribution in [0.15, 0.2) is 82.5 Å². The Morgan fingerprint density at radius 2 is 1.92 bits per heavy atom. The van der Waals surface area contributed by atoms with E-state index in [1.165, 1.54) is 5.01 Å². The predicted molar refractivity (Wildman–Crippen MR) is 93.3 cm³/mol. The van der Waals surface area contributed by atoms with Crippen molar-refractivity contribution in [2.45, 2.75) is 12.5 Å². The van der Waals surface area contributed by atoms with Gasteiger partial charge in [0.1, 0.15) is 17.6 Å². The van der Waals surface area contributed by atoms with Gasteiger partial charge in [-0.15, -0.1) is 0 Å². The summed E-state index contributed by atoms with van der Waals surface area (Å²) in [5.41, 5.74) is 2.10. The summed E-state index contributed by atoms with van der Waals surface area (Å²) in [6.07, 6.45) is 2.11. The minimum atomic E-state index is -0.306. The van der Waals surface area contributed by atoms with Crippen LogP contribution < -0.4 is 0 Å². The molecule has 1 aromatic heterocycles. The molecule has 1 aliphatic rings. The maximum atomic E-state index is 12.9. The zero-order chi connectivity index (χ0) is 17.2. The Kier molecular flexibility index (Phi) is 3.82. The Bertz CT molecular complexity index is 917. The zero-order valence-electron chi connectivity index (χ0n) is 13.4. The predicted octanol–water partition coefficient (Wildman–Crippen LogP) is 3.98. The first-order chi connectivity index (χ1) is 12.2. The zero-order valence-corrected chi connectivity index (χ0v) is 13.4. The van der Waals surface area contributed by atoms with Crippen LogP contribution in [-0.4, -0.2) is 21.7 Å². The third-order valence-electron chi connectivity index (χ3n) is 4.19. The molecule has 0 fully saturated rings. The molecular weight excluding hydrogens is 316 g/mol. The van der Waals surface area contributed by atoms with Gasteiger partial charge in [-0.3, -0.25) is 4.79 Å². The number of phenolic OH excluding ortho intramolecular Hbond substituents is 1. The van der Waals surface area contributed by atoms with Crippen molar-refractivity contribution >= 4 is 11.6 Å². The molecule has 0 aliphatic carbocycles. The molecule has 1 unspecified atom stereocenters. The van der Waals surface area contributed by atoms with Crippen molar-refractivity contribution in [3.05, 3.63) is 89.9 Å². The lowest BCUT2D eigenvalue weighted by atomic mass is 10.0. The monoisotopic (exact) mass is 332 g/mol. The maximum absolute atomic E-state index is 12.9. The second-order valence-electron chi connectivity index (χ2n) is 5.85. The number of hydrogen-bond donors (Lipinski definition) is 1. The van der Waals surface area contributed by atoms with E-state index in [1.807, 2.05) is 30.3 Å². The molecule has 5 nitrogen and oxygen atoms in total. The summed E-state index contributed by atoms with van der Waals surface area (Å²) in [5, 5.41) is 15.7. The molecule has 3 aromatic rings. The first kappa shape index (κ1) is 15.2. The first-order valence-corrected chi connectivity index (χ1v) is 8.01. The highest BCUT2D eigenvalue weighted by atomic mass is 16.3. The second kappa shape index (κ2) is 6.28. The fourth-order valence-electron chi connectivity index (χ4n) is 2.97. The fraction of sp³-hybridized carbons (Fsp3) is 0.100. The molecule has 124 valence electrons. The summed E-state index contributed by atoms with van der Waals surface area (Å²) in [4.78, 5) is 12.9. The molecule has 1 amide bonds. The lowest BCUT2D eigenvalue weighted by Crippen LogP contribution is -2.26. The van der Waals surface area contributed by atoms with Gasteiger partial charge in [-0.2, -0.15) is 5.10 Å². The Morgan fingerprint density at radius 3 is 2.64 bits per heavy atom. The molecule has 25 heavy (non-hydrogen) atoms. The highest BCUT2D eigenvalue weighted by Crippen LogP contribution is 2.34. The molecule has 2 heterocycles. The van der Waals surface area contributed by atoms with E-state index < -0.39 is 0 Å². The molecule has 0 saturated heterocycles. The van der Waals surface area contributed by atoms with Crippen molar-refractivity contribution in [2.24, 2.45) is 5.10 Å². The number of hydrogen-bond acceptors (Lipinski definition) is 4. The number of amides is 1. The van der Waals surface area contributed by atoms with E-state index in [1.54, 1.807) is 42.7 Å². The molecular formula is C20H16N2O3. The van der Waals surface area contributed by atoms with Gasteiger partial charge in [0.25, 0.3) is 5.91 Å². The molecule has 0 spiro atoms. The van der Waals surface area contributed by atoms with E-state index in [-0.39, 0.29) is 17.7 Å². The Hall–Kier alpha value is -3.34. The summed E-state index contributed by atoms with van der Waals surface area (Å²) in [6.45, 7) is 0. The summed E-state index contributed by atoms with van der Waals surface area (Å²) >= 11 is 0. The van der Waals surface area contributed by atoms with E-state index in [9.17, 15) is 9.90 Å². The van der Waals surface area contributed by atoms with Crippen molar-refractivity contribution in [3.8, 4) is 5.75 Å². The maximum Gasteiger partial charge on any atom is 0.274 e. The number of rotatable bonds is 3. The molecule has 1 atom stereocenters. The number of phenols is 1. The summed E-state index contributed by atoms with van der Waals surface area (Å²) in [5.74, 6) is 0.669. The fourth-order valence-corrected chi connectivity index (χ4v) is 2.97. The van der Waals surface area contributed by atoms with Crippen molar-refractivity contribution < 1.29 is 14.3 Å². The van der Waals surface area contributed by atoms with Crippen molar-refractivity contribution in [2.75, 3.05) is 0 Å². The van der Waals surface area contributed by atoms with Crippen LogP contribution in [0.25, 0.3) is 0 Å². The van der Waals surface area contributed by atoms with Gasteiger partial charge in [0.05, 0.1) is 12.0 Å². The number of hydrazone groups is 1. The van der Waals surface area contributed by atoms with Gasteiger partial charge in [-0.05, 0) is 36.4 Å². The molecule has 0 radical (unpaired) electrons. The van der Waals surface area contributed by atoms with Gasteiger partial charge in [0, 0.05) is 17.5 Å². The number of carbonyl (C=O) groups is 1. The Balaban J connectivity index is 1.73. The summed E-state index contributed by atoms with van der Waals surface area (Å²) < 4.78 is 5.53. The van der Waals surface area contributed by atoms with Crippen LogP contribution >= 0.6 is 0 Å². The average molecular weight is 332 g/mol. The number of furan rings is 1. The van der Waals surface area contributed by atoms with Crippen LogP contribution in [0, 0.1) is 0 Å². The molecule has 1 N–H and O–H groups in total. The number of nitrogens with zero attached hydrogens (tertiary/aromatic N) is 2. The Labute approximate surface area is 144 Å². The van der Waals surface area contributed by atoms with Gasteiger partial charge in [0.2, 0.25) is 0 Å². The second-order valence-corrected chi connectivity index (χ2v) is 5.85. The highest BCUT2D eigenvalue weighted by Gasteiger charge is 2.35. The smallest absolute Gasteiger partial charge is 0.274 e. The van der Waals surface area contributed by atoms with Gasteiger partial charge < -0.3 is 9.52 Å². The van der Waals surface area contributed by atoms with E-state index in [2.05, 4.69) is 5.10 Å². The third kappa shape index (κ3) is 2.92. The SMILES string of the molecule is O=C(c1ccccc1)N1N=C(c2cccc(O)c2)CC1c1ccco1. The molecule has 0 saturated carbocycles. The van der Waals surface area contributed by atoms with E-state index >= 15 is 0 Å². The molecule has 1 aliphatic heterocycles. The van der Waals surface area contributed by atoms with E-state index in [0.717, 1.165) is 11.3 Å². The minimum Gasteiger partial charge on any atom is -0.508 e. The van der Waals surface area contributed by atoms with Crippen LogP contribution in [0.5, 0.6) is 5.75 Å². The van der Waals surface area contributed by atoms with E-state index in [0.29, 0.717) is 17.7 Å². The third-order valence-corrected chi connectivity index (χ3v) is 4.19. The summed E-state index contributed by atoms with van der Waals surface area (Å²) in [6, 6.07) is 19.3. The number of carbonyl (C=O) groups excluding carboxylic acids is 1. The van der Waals surface area contributed by atoms with E-state index in [4.69, 9.17) is 4.42 Å². The van der Waals surface area contributed by atoms with Crippen LogP contribution in [0.1, 0.15) is 34.1 Å². The van der Waals surface area contributed by atoms with Crippen molar-refractivity contribution in [1.82, 2.24) is 5.01 Å². The average Bonchev–Trinajstić information content (AvgIpc) is 3.31. The van der Waals surface area contributed by atoms with Crippen LogP contribution in [0.4, 0.5) is 0 Å². The summed E-state index contributed by atoms with van der Waals surface area (Å²) in [7, 11) is 0. The van der Waals surface area contributed by atoms with Crippen molar-refractivity contribution in [1.29, 1.82) is 0 Å². The van der Waals surface area contributed by atoms with Crippen LogP contribution in [0.2, 0.25) is 0 Å². The molecule has 0 bridgehead atoms. The lowest BCUT2D eigenvalue weighted by molar-refractivity contribution is 0.0693. The number of aromatic hydroxyl groups is 1. The van der Waals surface area contributed by atoms with Gasteiger partial charge in [-0.25, -0.2) is 5.01 Å². The topological polar surface area (TPSA) is 66.0 Å².